The average molecular weight is 606 g/mol. The van der Waals surface area contributed by atoms with Gasteiger partial charge in [0, 0.05) is 27.8 Å². The molecule has 0 amide bonds. The second-order valence-electron chi connectivity index (χ2n) is 13.3. The maximum Gasteiger partial charge on any atom is 0.282 e. The lowest BCUT2D eigenvalue weighted by Crippen LogP contribution is -3.00. The van der Waals surface area contributed by atoms with E-state index in [4.69, 9.17) is 14.2 Å². The zero-order valence-electron chi connectivity index (χ0n) is 29.1. The molecule has 0 radical (unpaired) electrons. The van der Waals surface area contributed by atoms with Crippen molar-refractivity contribution in [1.82, 2.24) is 0 Å². The van der Waals surface area contributed by atoms with Gasteiger partial charge >= 0.3 is 0 Å². The van der Waals surface area contributed by atoms with E-state index < -0.39 is 5.97 Å². The number of ether oxygens (including phenoxy) is 3. The summed E-state index contributed by atoms with van der Waals surface area (Å²) in [5.41, 5.74) is 0. The van der Waals surface area contributed by atoms with E-state index in [9.17, 15) is 0 Å². The molecule has 0 saturated heterocycles. The zero-order valence-corrected chi connectivity index (χ0v) is 29.8. The molecule has 0 fully saturated rings. The largest absolute Gasteiger partial charge is 1.00 e. The molecule has 0 aliphatic heterocycles. The van der Waals surface area contributed by atoms with E-state index in [0.29, 0.717) is 0 Å². The molecule has 0 aromatic rings. The van der Waals surface area contributed by atoms with Crippen molar-refractivity contribution in [3.05, 3.63) is 0 Å². The maximum atomic E-state index is 5.37. The van der Waals surface area contributed by atoms with Gasteiger partial charge in [-0.25, -0.2) is 0 Å². The van der Waals surface area contributed by atoms with Crippen LogP contribution in [0.4, 0.5) is 0 Å². The average Bonchev–Trinajstić information content (AvgIpc) is 2.95. The summed E-state index contributed by atoms with van der Waals surface area (Å²) in [6.45, 7) is 5.01. The molecule has 250 valence electrons. The first kappa shape index (κ1) is 43.3. The first-order chi connectivity index (χ1) is 19.4. The number of nitrogens with zero attached hydrogens (tertiary/aromatic N) is 1. The molecule has 0 atom stereocenters. The summed E-state index contributed by atoms with van der Waals surface area (Å²) in [6.07, 6.45) is 37.4. The van der Waals surface area contributed by atoms with E-state index in [1.54, 1.807) is 21.3 Å². The van der Waals surface area contributed by atoms with Gasteiger partial charge in [-0.15, -0.1) is 0 Å². The Morgan fingerprint density at radius 3 is 0.902 bits per heavy atom. The van der Waals surface area contributed by atoms with Crippen LogP contribution < -0.4 is 12.4 Å². The highest BCUT2D eigenvalue weighted by atomic mass is 35.5. The zero-order chi connectivity index (χ0) is 29.6. The van der Waals surface area contributed by atoms with Gasteiger partial charge in [0.2, 0.25) is 0 Å². The minimum absolute atomic E-state index is 0. The summed E-state index contributed by atoms with van der Waals surface area (Å²) in [7, 11) is 9.83. The Balaban J connectivity index is 0. The van der Waals surface area contributed by atoms with Gasteiger partial charge < -0.3 is 31.1 Å². The molecule has 5 heteroatoms. The van der Waals surface area contributed by atoms with E-state index in [1.165, 1.54) is 178 Å². The number of rotatable bonds is 33. The summed E-state index contributed by atoms with van der Waals surface area (Å²) < 4.78 is 17.3. The molecule has 0 aliphatic rings. The van der Waals surface area contributed by atoms with Crippen LogP contribution in [0.2, 0.25) is 0 Å². The third-order valence-electron chi connectivity index (χ3n) is 9.05. The minimum Gasteiger partial charge on any atom is -1.00 e. The van der Waals surface area contributed by atoms with Crippen molar-refractivity contribution in [2.24, 2.45) is 0 Å². The van der Waals surface area contributed by atoms with Gasteiger partial charge in [0.15, 0.2) is 0 Å². The summed E-state index contributed by atoms with van der Waals surface area (Å²) in [5.74, 6) is -0.848. The van der Waals surface area contributed by atoms with Crippen LogP contribution >= 0.6 is 0 Å². The predicted octanol–water partition coefficient (Wildman–Crippen LogP) is 8.21. The topological polar surface area (TPSA) is 27.7 Å². The van der Waals surface area contributed by atoms with Crippen LogP contribution in [0, 0.1) is 0 Å². The molecule has 41 heavy (non-hydrogen) atoms. The Hall–Kier alpha value is 0.130. The van der Waals surface area contributed by atoms with Crippen LogP contribution in [0.15, 0.2) is 0 Å². The van der Waals surface area contributed by atoms with Crippen LogP contribution in [0.1, 0.15) is 180 Å². The molecule has 0 spiro atoms. The van der Waals surface area contributed by atoms with Gasteiger partial charge in [-0.2, -0.15) is 0 Å². The fourth-order valence-corrected chi connectivity index (χ4v) is 6.05. The maximum absolute atomic E-state index is 5.37. The van der Waals surface area contributed by atoms with E-state index in [-0.39, 0.29) is 12.4 Å². The molecular formula is C36H76ClNO3. The van der Waals surface area contributed by atoms with Crippen LogP contribution in [0.25, 0.3) is 0 Å². The molecule has 0 saturated carbocycles. The Morgan fingerprint density at radius 1 is 0.390 bits per heavy atom. The lowest BCUT2D eigenvalue weighted by molar-refractivity contribution is -0.890. The molecule has 0 aliphatic carbocycles. The Bertz CT molecular complexity index is 491. The molecule has 0 heterocycles. The molecule has 0 aromatic heterocycles. The first-order valence-corrected chi connectivity index (χ1v) is 17.9. The number of unbranched alkanes of at least 4 members (excludes halogenated alkanes) is 24. The number of hydrogen-bond donors (Lipinski definition) is 0. The van der Waals surface area contributed by atoms with Crippen molar-refractivity contribution < 1.29 is 31.1 Å². The fraction of sp³-hybridized carbons (Fsp3) is 1.00. The quantitative estimate of drug-likeness (QED) is 0.0428. The first-order valence-electron chi connectivity index (χ1n) is 17.9. The molecule has 0 unspecified atom stereocenters. The molecule has 4 nitrogen and oxygen atoms in total. The van der Waals surface area contributed by atoms with Crippen LogP contribution in [-0.4, -0.2) is 59.0 Å². The van der Waals surface area contributed by atoms with Gasteiger partial charge in [0.25, 0.3) is 5.97 Å². The Kier molecular flexibility index (Phi) is 33.3. The smallest absolute Gasteiger partial charge is 0.282 e. The van der Waals surface area contributed by atoms with Gasteiger partial charge in [0.05, 0.1) is 27.2 Å². The second kappa shape index (κ2) is 31.6. The van der Waals surface area contributed by atoms with Crippen molar-refractivity contribution in [3.63, 3.8) is 0 Å². The van der Waals surface area contributed by atoms with Gasteiger partial charge in [-0.1, -0.05) is 142 Å². The SMILES string of the molecule is CCCCCCCCCCCCCCCCCC[N+](C)(C)CCCCCCCCCCCCC(OC)(OC)OC.[Cl-]. The number of methoxy groups -OCH3 is 3. The molecule has 0 rings (SSSR count). The lowest BCUT2D eigenvalue weighted by Gasteiger charge is -2.30. The standard InChI is InChI=1S/C36H76NO3.ClH/c1-7-8-9-10-11-12-13-14-15-16-17-19-22-25-28-31-34-37(2,3)35-32-29-26-23-20-18-21-24-27-30-33-36(38-4,39-5)40-6;/h7-35H2,1-6H3;1H/q+1;/p-1. The van der Waals surface area contributed by atoms with Crippen LogP contribution in [0.3, 0.4) is 0 Å². The van der Waals surface area contributed by atoms with Crippen LogP contribution in [0.5, 0.6) is 0 Å². The summed E-state index contributed by atoms with van der Waals surface area (Å²) >= 11 is 0. The molecular weight excluding hydrogens is 530 g/mol. The minimum atomic E-state index is -0.848. The monoisotopic (exact) mass is 606 g/mol. The number of halogens is 1. The van der Waals surface area contributed by atoms with E-state index in [1.807, 2.05) is 0 Å². The van der Waals surface area contributed by atoms with Crippen molar-refractivity contribution in [1.29, 1.82) is 0 Å². The normalized spacial score (nSPS) is 12.1. The van der Waals surface area contributed by atoms with Crippen molar-refractivity contribution in [2.75, 3.05) is 48.5 Å². The fourth-order valence-electron chi connectivity index (χ4n) is 6.05. The molecule has 0 N–H and O–H groups in total. The van der Waals surface area contributed by atoms with Gasteiger partial charge in [0.1, 0.15) is 0 Å². The van der Waals surface area contributed by atoms with E-state index in [2.05, 4.69) is 21.0 Å². The summed E-state index contributed by atoms with van der Waals surface area (Å²) in [5, 5.41) is 0. The van der Waals surface area contributed by atoms with E-state index >= 15 is 0 Å². The van der Waals surface area contributed by atoms with Crippen molar-refractivity contribution >= 4 is 0 Å². The highest BCUT2D eigenvalue weighted by molar-refractivity contribution is 4.57. The summed E-state index contributed by atoms with van der Waals surface area (Å²) in [4.78, 5) is 0. The predicted molar refractivity (Wildman–Crippen MR) is 176 cm³/mol. The second-order valence-corrected chi connectivity index (χ2v) is 13.3. The Morgan fingerprint density at radius 2 is 0.634 bits per heavy atom. The van der Waals surface area contributed by atoms with Gasteiger partial charge in [-0.3, -0.25) is 0 Å². The number of quaternary nitrogens is 1. The third-order valence-corrected chi connectivity index (χ3v) is 9.05. The molecule has 0 aromatic carbocycles. The van der Waals surface area contributed by atoms with Gasteiger partial charge in [-0.05, 0) is 32.1 Å². The highest BCUT2D eigenvalue weighted by Crippen LogP contribution is 2.22. The van der Waals surface area contributed by atoms with E-state index in [0.717, 1.165) is 12.8 Å². The molecule has 0 bridgehead atoms. The lowest BCUT2D eigenvalue weighted by atomic mass is 10.0. The third kappa shape index (κ3) is 28.6. The van der Waals surface area contributed by atoms with Crippen molar-refractivity contribution in [3.8, 4) is 0 Å². The number of hydrogen-bond acceptors (Lipinski definition) is 3. The highest BCUT2D eigenvalue weighted by Gasteiger charge is 2.28. The van der Waals surface area contributed by atoms with Crippen LogP contribution in [-0.2, 0) is 14.2 Å². The van der Waals surface area contributed by atoms with Crippen molar-refractivity contribution in [2.45, 2.75) is 186 Å². The summed E-state index contributed by atoms with van der Waals surface area (Å²) in [6, 6.07) is 0. The Labute approximate surface area is 265 Å².